The van der Waals surface area contributed by atoms with E-state index in [1.807, 2.05) is 0 Å². The average molecular weight is 664 g/mol. The van der Waals surface area contributed by atoms with E-state index in [4.69, 9.17) is 4.74 Å². The van der Waals surface area contributed by atoms with E-state index in [2.05, 4.69) is 46.0 Å². The molecule has 0 radical (unpaired) electrons. The van der Waals surface area contributed by atoms with Crippen LogP contribution in [0.1, 0.15) is 105 Å². The number of carbonyl (C=O) groups excluding carboxylic acids is 1. The fraction of sp³-hybridized carbons (Fsp3) is 0.625. The monoisotopic (exact) mass is 663 g/mol. The molecule has 0 heterocycles. The van der Waals surface area contributed by atoms with Crippen LogP contribution in [0.5, 0.6) is 0 Å². The number of rotatable bonds is 9. The number of ether oxygens (including phenoxy) is 1. The first-order valence-corrected chi connectivity index (χ1v) is 19.6. The molecular weight excluding hydrogens is 610 g/mol. The molecule has 1 N–H and O–H groups in total. The van der Waals surface area contributed by atoms with E-state index in [-0.39, 0.29) is 21.3 Å². The van der Waals surface area contributed by atoms with Gasteiger partial charge in [0.2, 0.25) is 9.84 Å². The van der Waals surface area contributed by atoms with Crippen LogP contribution in [-0.2, 0) is 14.6 Å². The van der Waals surface area contributed by atoms with E-state index in [1.165, 1.54) is 74.8 Å². The maximum absolute atomic E-state index is 13.3. The number of sulfone groups is 1. The lowest BCUT2D eigenvalue weighted by molar-refractivity contribution is -0.0577. The summed E-state index contributed by atoms with van der Waals surface area (Å²) in [6.45, 7) is 12.4. The number of hydrogen-bond donors (Lipinski definition) is 1. The fourth-order valence-electron chi connectivity index (χ4n) is 10.5. The Kier molecular flexibility index (Phi) is 9.70. The highest BCUT2D eigenvalue weighted by molar-refractivity contribution is 7.91. The Morgan fingerprint density at radius 2 is 1.60 bits per heavy atom. The third-order valence-corrected chi connectivity index (χ3v) is 14.9. The van der Waals surface area contributed by atoms with E-state index in [9.17, 15) is 17.6 Å². The second-order valence-corrected chi connectivity index (χ2v) is 18.1. The molecule has 4 aliphatic carbocycles. The molecule has 7 heteroatoms. The predicted octanol–water partition coefficient (Wildman–Crippen LogP) is 10.6. The first-order chi connectivity index (χ1) is 22.3. The standard InChI is InChI=1S/C40H54FNO4S/c1-26(2)7-6-8-27(3)35-19-20-36-34-18-9-28-25-31(21-23-39(28,4)37(34)22-24-40(35,36)5)46-38(43)42-30-12-16-33(17-13-30)47(44,45)32-14-10-29(41)11-15-32/h9-17,26-27,31,34-37H,6-8,18-25H2,1-5H3,(H,42,43)/t27-,31+,34+,35-,36+,37+,39+,40-/m1/s1. The minimum Gasteiger partial charge on any atom is -0.446 e. The van der Waals surface area contributed by atoms with Gasteiger partial charge < -0.3 is 4.74 Å². The van der Waals surface area contributed by atoms with Crippen molar-refractivity contribution in [2.24, 2.45) is 46.3 Å². The Hall–Kier alpha value is -2.67. The van der Waals surface area contributed by atoms with Crippen molar-refractivity contribution in [3.63, 3.8) is 0 Å². The van der Waals surface area contributed by atoms with Crippen molar-refractivity contribution in [1.29, 1.82) is 0 Å². The molecule has 4 aliphatic rings. The van der Waals surface area contributed by atoms with E-state index >= 15 is 0 Å². The lowest BCUT2D eigenvalue weighted by atomic mass is 9.47. The number of halogens is 1. The third-order valence-electron chi connectivity index (χ3n) is 13.1. The molecule has 8 atom stereocenters. The second-order valence-electron chi connectivity index (χ2n) is 16.2. The van der Waals surface area contributed by atoms with E-state index in [0.29, 0.717) is 11.1 Å². The maximum Gasteiger partial charge on any atom is 0.411 e. The highest BCUT2D eigenvalue weighted by Crippen LogP contribution is 2.67. The molecule has 0 saturated heterocycles. The van der Waals surface area contributed by atoms with Crippen LogP contribution in [-0.4, -0.2) is 20.6 Å². The van der Waals surface area contributed by atoms with Crippen molar-refractivity contribution in [3.8, 4) is 0 Å². The van der Waals surface area contributed by atoms with Crippen LogP contribution >= 0.6 is 0 Å². The van der Waals surface area contributed by atoms with Gasteiger partial charge in [0.05, 0.1) is 9.79 Å². The summed E-state index contributed by atoms with van der Waals surface area (Å²) < 4.78 is 45.0. The van der Waals surface area contributed by atoms with Gasteiger partial charge in [0.15, 0.2) is 0 Å². The van der Waals surface area contributed by atoms with Gasteiger partial charge in [-0.15, -0.1) is 0 Å². The quantitative estimate of drug-likeness (QED) is 0.214. The largest absolute Gasteiger partial charge is 0.446 e. The SMILES string of the molecule is CC(C)CCC[C@@H](C)[C@H]1CC[C@H]2[C@@H]3CC=C4C[C@@H](OC(=O)Nc5ccc(S(=O)(=O)c6ccc(F)cc6)cc5)CC[C@]4(C)[C@H]3CC[C@]12C. The summed E-state index contributed by atoms with van der Waals surface area (Å²) in [5, 5.41) is 2.78. The number of amides is 1. The number of fused-ring (bicyclic) bond motifs is 5. The molecule has 2 aromatic rings. The summed E-state index contributed by atoms with van der Waals surface area (Å²) in [4.78, 5) is 13.0. The molecule has 0 spiro atoms. The van der Waals surface area contributed by atoms with Crippen LogP contribution in [0.3, 0.4) is 0 Å². The Balaban J connectivity index is 1.05. The molecule has 0 unspecified atom stereocenters. The average Bonchev–Trinajstić information content (AvgIpc) is 3.39. The van der Waals surface area contributed by atoms with Gasteiger partial charge in [-0.3, -0.25) is 5.32 Å². The van der Waals surface area contributed by atoms with Crippen molar-refractivity contribution in [2.75, 3.05) is 5.32 Å². The van der Waals surface area contributed by atoms with Gasteiger partial charge in [-0.1, -0.05) is 65.5 Å². The molecule has 1 amide bonds. The van der Waals surface area contributed by atoms with Crippen LogP contribution in [0.2, 0.25) is 0 Å². The molecule has 0 aliphatic heterocycles. The van der Waals surface area contributed by atoms with Gasteiger partial charge in [-0.2, -0.15) is 0 Å². The first kappa shape index (κ1) is 34.2. The summed E-state index contributed by atoms with van der Waals surface area (Å²) in [6.07, 6.45) is 15.3. The fourth-order valence-corrected chi connectivity index (χ4v) is 11.8. The van der Waals surface area contributed by atoms with Crippen LogP contribution in [0.15, 0.2) is 70.0 Å². The van der Waals surface area contributed by atoms with Crippen molar-refractivity contribution < 1.29 is 22.3 Å². The molecule has 47 heavy (non-hydrogen) atoms. The van der Waals surface area contributed by atoms with Gasteiger partial charge in [0.1, 0.15) is 11.9 Å². The van der Waals surface area contributed by atoms with Gasteiger partial charge in [-0.05, 0) is 140 Å². The van der Waals surface area contributed by atoms with Crippen molar-refractivity contribution in [2.45, 2.75) is 121 Å². The maximum atomic E-state index is 13.3. The summed E-state index contributed by atoms with van der Waals surface area (Å²) >= 11 is 0. The lowest BCUT2D eigenvalue weighted by Gasteiger charge is -2.58. The highest BCUT2D eigenvalue weighted by atomic mass is 32.2. The molecule has 3 saturated carbocycles. The van der Waals surface area contributed by atoms with Crippen molar-refractivity contribution in [1.82, 2.24) is 0 Å². The summed E-state index contributed by atoms with van der Waals surface area (Å²) in [7, 11) is -3.79. The Morgan fingerprint density at radius 1 is 0.915 bits per heavy atom. The van der Waals surface area contributed by atoms with Crippen molar-refractivity contribution >= 4 is 21.6 Å². The zero-order valence-corrected chi connectivity index (χ0v) is 29.8. The minimum atomic E-state index is -3.79. The summed E-state index contributed by atoms with van der Waals surface area (Å²) in [5.41, 5.74) is 2.61. The zero-order chi connectivity index (χ0) is 33.6. The number of allylic oxidation sites excluding steroid dienone is 1. The third kappa shape index (κ3) is 6.67. The number of hydrogen-bond acceptors (Lipinski definition) is 4. The van der Waals surface area contributed by atoms with Crippen LogP contribution < -0.4 is 5.32 Å². The van der Waals surface area contributed by atoms with Gasteiger partial charge in [0.25, 0.3) is 0 Å². The molecule has 2 aromatic carbocycles. The Morgan fingerprint density at radius 3 is 2.28 bits per heavy atom. The molecule has 3 fully saturated rings. The smallest absolute Gasteiger partial charge is 0.411 e. The normalized spacial score (nSPS) is 32.5. The van der Waals surface area contributed by atoms with E-state index in [1.54, 1.807) is 12.1 Å². The second kappa shape index (κ2) is 13.3. The van der Waals surface area contributed by atoms with E-state index in [0.717, 1.165) is 73.3 Å². The molecule has 0 bridgehead atoms. The molecule has 5 nitrogen and oxygen atoms in total. The highest BCUT2D eigenvalue weighted by Gasteiger charge is 2.59. The number of anilines is 1. The van der Waals surface area contributed by atoms with Crippen LogP contribution in [0, 0.1) is 52.2 Å². The molecule has 6 rings (SSSR count). The van der Waals surface area contributed by atoms with Gasteiger partial charge >= 0.3 is 6.09 Å². The number of carbonyl (C=O) groups is 1. The molecule has 256 valence electrons. The minimum absolute atomic E-state index is 0.0171. The summed E-state index contributed by atoms with van der Waals surface area (Å²) in [5.74, 6) is 4.29. The Bertz CT molecular complexity index is 1570. The first-order valence-electron chi connectivity index (χ1n) is 18.1. The topological polar surface area (TPSA) is 72.5 Å². The Labute approximate surface area is 282 Å². The van der Waals surface area contributed by atoms with Gasteiger partial charge in [0, 0.05) is 12.1 Å². The lowest BCUT2D eigenvalue weighted by Crippen LogP contribution is -2.51. The number of nitrogens with one attached hydrogen (secondary N) is 1. The molecular formula is C40H54FNO4S. The van der Waals surface area contributed by atoms with Gasteiger partial charge in [-0.25, -0.2) is 17.6 Å². The van der Waals surface area contributed by atoms with Crippen LogP contribution in [0.25, 0.3) is 0 Å². The van der Waals surface area contributed by atoms with Crippen molar-refractivity contribution in [3.05, 3.63) is 66.0 Å². The summed E-state index contributed by atoms with van der Waals surface area (Å²) in [6, 6.07) is 10.7. The zero-order valence-electron chi connectivity index (χ0n) is 28.9. The van der Waals surface area contributed by atoms with Crippen LogP contribution in [0.4, 0.5) is 14.9 Å². The van der Waals surface area contributed by atoms with E-state index < -0.39 is 21.7 Å². The number of benzene rings is 2. The predicted molar refractivity (Wildman–Crippen MR) is 185 cm³/mol. The molecule has 0 aromatic heterocycles.